The lowest BCUT2D eigenvalue weighted by atomic mass is 9.80. The van der Waals surface area contributed by atoms with Gasteiger partial charge in [0.05, 0.1) is 5.41 Å². The van der Waals surface area contributed by atoms with Crippen molar-refractivity contribution in [3.05, 3.63) is 0 Å². The van der Waals surface area contributed by atoms with E-state index in [0.29, 0.717) is 24.5 Å². The van der Waals surface area contributed by atoms with Gasteiger partial charge in [0.1, 0.15) is 0 Å². The second kappa shape index (κ2) is 5.80. The summed E-state index contributed by atoms with van der Waals surface area (Å²) >= 11 is 0. The summed E-state index contributed by atoms with van der Waals surface area (Å²) in [6, 6.07) is 1.24. The molecule has 0 saturated carbocycles. The molecule has 2 aliphatic heterocycles. The van der Waals surface area contributed by atoms with E-state index in [-0.39, 0.29) is 5.41 Å². The summed E-state index contributed by atoms with van der Waals surface area (Å²) in [5.41, 5.74) is 5.59. The Morgan fingerprint density at radius 1 is 1.21 bits per heavy atom. The zero-order chi connectivity index (χ0) is 14.0. The van der Waals surface area contributed by atoms with Crippen LogP contribution in [0.1, 0.15) is 46.0 Å². The van der Waals surface area contributed by atoms with Gasteiger partial charge in [-0.05, 0) is 39.2 Å². The Morgan fingerprint density at radius 3 is 2.42 bits per heavy atom. The fourth-order valence-corrected chi connectivity index (χ4v) is 3.76. The second-order valence-corrected chi connectivity index (χ2v) is 6.28. The van der Waals surface area contributed by atoms with Crippen molar-refractivity contribution in [1.82, 2.24) is 9.80 Å². The molecule has 2 atom stereocenters. The number of amides is 1. The zero-order valence-corrected chi connectivity index (χ0v) is 12.7. The number of rotatable bonds is 4. The molecule has 0 aromatic carbocycles. The number of carbonyl (C=O) groups excluding carboxylic acids is 1. The lowest BCUT2D eigenvalue weighted by Gasteiger charge is -2.36. The zero-order valence-electron chi connectivity index (χ0n) is 12.7. The molecule has 2 saturated heterocycles. The summed E-state index contributed by atoms with van der Waals surface area (Å²) in [5, 5.41) is 0. The maximum Gasteiger partial charge on any atom is 0.230 e. The van der Waals surface area contributed by atoms with Gasteiger partial charge in [-0.3, -0.25) is 9.69 Å². The molecule has 110 valence electrons. The van der Waals surface area contributed by atoms with Gasteiger partial charge in [-0.25, -0.2) is 0 Å². The fraction of sp³-hybridized carbons (Fsp3) is 0.933. The summed E-state index contributed by atoms with van der Waals surface area (Å²) in [7, 11) is 2.21. The largest absolute Gasteiger partial charge is 0.341 e. The van der Waals surface area contributed by atoms with Gasteiger partial charge in [0.2, 0.25) is 5.91 Å². The molecule has 2 fully saturated rings. The third-order valence-electron chi connectivity index (χ3n) is 5.63. The summed E-state index contributed by atoms with van der Waals surface area (Å²) in [4.78, 5) is 17.5. The van der Waals surface area contributed by atoms with Crippen LogP contribution in [0.3, 0.4) is 0 Å². The molecule has 0 aromatic rings. The van der Waals surface area contributed by atoms with Crippen molar-refractivity contribution >= 4 is 5.91 Å². The van der Waals surface area contributed by atoms with Gasteiger partial charge >= 0.3 is 0 Å². The maximum absolute atomic E-state index is 12.9. The Labute approximate surface area is 117 Å². The van der Waals surface area contributed by atoms with Gasteiger partial charge in [-0.15, -0.1) is 0 Å². The summed E-state index contributed by atoms with van der Waals surface area (Å²) in [6.45, 7) is 6.45. The minimum atomic E-state index is -0.331. The first-order chi connectivity index (χ1) is 9.07. The van der Waals surface area contributed by atoms with Gasteiger partial charge in [-0.2, -0.15) is 0 Å². The molecule has 0 aromatic heterocycles. The average Bonchev–Trinajstić information content (AvgIpc) is 2.66. The van der Waals surface area contributed by atoms with Crippen molar-refractivity contribution in [3.63, 3.8) is 0 Å². The van der Waals surface area contributed by atoms with Crippen LogP contribution in [0.5, 0.6) is 0 Å². The highest BCUT2D eigenvalue weighted by molar-refractivity contribution is 5.83. The Hall–Kier alpha value is -0.610. The molecule has 0 radical (unpaired) electrons. The lowest BCUT2D eigenvalue weighted by Crippen LogP contribution is -2.50. The Balaban J connectivity index is 2.11. The molecular weight excluding hydrogens is 238 g/mol. The van der Waals surface area contributed by atoms with Crippen LogP contribution >= 0.6 is 0 Å². The van der Waals surface area contributed by atoms with Crippen LogP contribution in [0, 0.1) is 5.41 Å². The number of hydrogen-bond acceptors (Lipinski definition) is 3. The lowest BCUT2D eigenvalue weighted by molar-refractivity contribution is -0.142. The third-order valence-corrected chi connectivity index (χ3v) is 5.63. The van der Waals surface area contributed by atoms with Crippen molar-refractivity contribution in [2.24, 2.45) is 11.1 Å². The topological polar surface area (TPSA) is 49.6 Å². The molecule has 2 N–H and O–H groups in total. The highest BCUT2D eigenvalue weighted by Gasteiger charge is 2.41. The average molecular weight is 267 g/mol. The van der Waals surface area contributed by atoms with E-state index >= 15 is 0 Å². The molecule has 0 spiro atoms. The van der Waals surface area contributed by atoms with Crippen LogP contribution in [0.4, 0.5) is 0 Å². The van der Waals surface area contributed by atoms with E-state index in [1.54, 1.807) is 0 Å². The number of hydrogen-bond donors (Lipinski definition) is 1. The van der Waals surface area contributed by atoms with Crippen LogP contribution in [-0.4, -0.2) is 54.5 Å². The molecule has 1 amide bonds. The van der Waals surface area contributed by atoms with E-state index in [9.17, 15) is 4.79 Å². The van der Waals surface area contributed by atoms with Gasteiger partial charge in [0, 0.05) is 31.7 Å². The first-order valence-electron chi connectivity index (χ1n) is 7.79. The first kappa shape index (κ1) is 14.8. The van der Waals surface area contributed by atoms with Crippen molar-refractivity contribution < 1.29 is 4.79 Å². The van der Waals surface area contributed by atoms with E-state index in [2.05, 4.69) is 30.7 Å². The summed E-state index contributed by atoms with van der Waals surface area (Å²) in [5.74, 6) is 0.293. The van der Waals surface area contributed by atoms with Gasteiger partial charge < -0.3 is 10.6 Å². The Kier molecular flexibility index (Phi) is 4.51. The predicted molar refractivity (Wildman–Crippen MR) is 77.8 cm³/mol. The molecule has 4 nitrogen and oxygen atoms in total. The Bertz CT molecular complexity index is 319. The SMILES string of the molecule is CCC(CC)(CN)C(=O)N1CCC2CCC(C1)N2C. The maximum atomic E-state index is 12.9. The van der Waals surface area contributed by atoms with E-state index in [4.69, 9.17) is 5.73 Å². The van der Waals surface area contributed by atoms with Crippen molar-refractivity contribution in [3.8, 4) is 0 Å². The molecule has 0 aliphatic carbocycles. The van der Waals surface area contributed by atoms with E-state index in [0.717, 1.165) is 32.4 Å². The van der Waals surface area contributed by atoms with Crippen LogP contribution in [0.2, 0.25) is 0 Å². The van der Waals surface area contributed by atoms with E-state index < -0.39 is 0 Å². The number of likely N-dealkylation sites (N-methyl/N-ethyl adjacent to an activating group) is 1. The third kappa shape index (κ3) is 2.52. The summed E-state index contributed by atoms with van der Waals surface area (Å²) < 4.78 is 0. The van der Waals surface area contributed by atoms with Gasteiger partial charge in [0.15, 0.2) is 0 Å². The Morgan fingerprint density at radius 2 is 1.84 bits per heavy atom. The summed E-state index contributed by atoms with van der Waals surface area (Å²) in [6.07, 6.45) is 5.34. The molecule has 2 bridgehead atoms. The molecule has 2 rings (SSSR count). The van der Waals surface area contributed by atoms with E-state index in [1.807, 2.05) is 0 Å². The molecule has 2 heterocycles. The first-order valence-corrected chi connectivity index (χ1v) is 7.79. The predicted octanol–water partition coefficient (Wildman–Crippen LogP) is 1.45. The van der Waals surface area contributed by atoms with Crippen LogP contribution in [0.15, 0.2) is 0 Å². The van der Waals surface area contributed by atoms with E-state index in [1.165, 1.54) is 12.8 Å². The standard InChI is InChI=1S/C15H29N3O/c1-4-15(5-2,11-16)14(19)18-9-8-12-6-7-13(10-18)17(12)3/h12-13H,4-11,16H2,1-3H3. The van der Waals surface area contributed by atoms with Crippen LogP contribution in [-0.2, 0) is 4.79 Å². The van der Waals surface area contributed by atoms with Gasteiger partial charge in [-0.1, -0.05) is 13.8 Å². The molecule has 2 unspecified atom stereocenters. The number of likely N-dealkylation sites (tertiary alicyclic amines) is 1. The van der Waals surface area contributed by atoms with Crippen molar-refractivity contribution in [2.45, 2.75) is 58.0 Å². The van der Waals surface area contributed by atoms with Gasteiger partial charge in [0.25, 0.3) is 0 Å². The van der Waals surface area contributed by atoms with Crippen LogP contribution in [0.25, 0.3) is 0 Å². The number of nitrogens with zero attached hydrogens (tertiary/aromatic N) is 2. The highest BCUT2D eigenvalue weighted by Crippen LogP contribution is 2.33. The highest BCUT2D eigenvalue weighted by atomic mass is 16.2. The number of nitrogens with two attached hydrogens (primary N) is 1. The minimum absolute atomic E-state index is 0.293. The smallest absolute Gasteiger partial charge is 0.230 e. The molecule has 4 heteroatoms. The molecule has 2 aliphatic rings. The number of fused-ring (bicyclic) bond motifs is 2. The molecular formula is C15H29N3O. The normalized spacial score (nSPS) is 28.5. The van der Waals surface area contributed by atoms with Crippen LogP contribution < -0.4 is 5.73 Å². The quantitative estimate of drug-likeness (QED) is 0.838. The van der Waals surface area contributed by atoms with Crippen molar-refractivity contribution in [2.75, 3.05) is 26.7 Å². The van der Waals surface area contributed by atoms with Crippen molar-refractivity contribution in [1.29, 1.82) is 0 Å². The second-order valence-electron chi connectivity index (χ2n) is 6.28. The molecule has 19 heavy (non-hydrogen) atoms. The fourth-order valence-electron chi connectivity index (χ4n) is 3.76. The monoisotopic (exact) mass is 267 g/mol. The minimum Gasteiger partial charge on any atom is -0.341 e. The number of carbonyl (C=O) groups is 1.